The van der Waals surface area contributed by atoms with E-state index in [-0.39, 0.29) is 0 Å². The fraction of sp³-hybridized carbons (Fsp3) is 0.800. The molecule has 10 heavy (non-hydrogen) atoms. The van der Waals surface area contributed by atoms with E-state index in [0.717, 1.165) is 0 Å². The molecular weight excluding hydrogens is 141 g/mol. The van der Waals surface area contributed by atoms with Crippen LogP contribution < -0.4 is 0 Å². The minimum Gasteiger partial charge on any atom is -0.394 e. The molecule has 5 nitrogen and oxygen atoms in total. The van der Waals surface area contributed by atoms with E-state index in [0.29, 0.717) is 0 Å². The maximum absolute atomic E-state index is 10.1. The van der Waals surface area contributed by atoms with Crippen LogP contribution in [0.25, 0.3) is 0 Å². The molecule has 0 aromatic carbocycles. The summed E-state index contributed by atoms with van der Waals surface area (Å²) in [6, 6.07) is 0. The first-order chi connectivity index (χ1) is 5.00. The zero-order chi connectivity index (χ0) is 9.02. The SMILES string of the molecule is [2H][13C](=O)[C@H](O)[C@H](O)[C@H](O)CO. The highest BCUT2D eigenvalue weighted by Gasteiger charge is 2.22. The summed E-state index contributed by atoms with van der Waals surface area (Å²) in [4.78, 5) is 10.1. The van der Waals surface area contributed by atoms with Crippen molar-refractivity contribution in [3.63, 3.8) is 0 Å². The summed E-state index contributed by atoms with van der Waals surface area (Å²) in [5.74, 6) is 0. The highest BCUT2D eigenvalue weighted by atomic mass is 16.4. The van der Waals surface area contributed by atoms with Crippen LogP contribution in [-0.2, 0) is 4.79 Å². The number of aldehydes is 1. The van der Waals surface area contributed by atoms with Crippen LogP contribution in [-0.4, -0.2) is 51.6 Å². The molecule has 60 valence electrons. The maximum Gasteiger partial charge on any atom is 0.151 e. The molecule has 0 saturated carbocycles. The average Bonchev–Trinajstić information content (AvgIpc) is 2.00. The summed E-state index contributed by atoms with van der Waals surface area (Å²) in [7, 11) is 0. The van der Waals surface area contributed by atoms with Gasteiger partial charge in [0.1, 0.15) is 19.7 Å². The number of carbonyl (C=O) groups excluding carboxylic acids is 1. The van der Waals surface area contributed by atoms with E-state index < -0.39 is 31.2 Å². The van der Waals surface area contributed by atoms with E-state index in [1.807, 2.05) is 0 Å². The molecule has 0 spiro atoms. The second kappa shape index (κ2) is 4.35. The van der Waals surface area contributed by atoms with Crippen molar-refractivity contribution < 1.29 is 26.6 Å². The summed E-state index contributed by atoms with van der Waals surface area (Å²) in [5, 5.41) is 34.3. The Labute approximate surface area is 58.9 Å². The standard InChI is InChI=1S/C5H10O5/c6-1-3(8)5(10)4(9)2-7/h1,3-5,7-10H,2H2/t3-,4+,5-/m0/s1/i1+1D. The molecule has 0 radical (unpaired) electrons. The van der Waals surface area contributed by atoms with Gasteiger partial charge in [0, 0.05) is 0 Å². The largest absolute Gasteiger partial charge is 0.394 e. The Morgan fingerprint density at radius 3 is 2.30 bits per heavy atom. The van der Waals surface area contributed by atoms with Crippen LogP contribution in [0.15, 0.2) is 0 Å². The van der Waals surface area contributed by atoms with Gasteiger partial charge in [-0.3, -0.25) is 0 Å². The van der Waals surface area contributed by atoms with E-state index in [4.69, 9.17) is 21.8 Å². The van der Waals surface area contributed by atoms with Crippen LogP contribution in [0.5, 0.6) is 0 Å². The number of aliphatic hydroxyl groups excluding tert-OH is 4. The van der Waals surface area contributed by atoms with Gasteiger partial charge in [-0.15, -0.1) is 0 Å². The van der Waals surface area contributed by atoms with E-state index in [1.165, 1.54) is 0 Å². The Kier molecular flexibility index (Phi) is 3.31. The predicted molar refractivity (Wildman–Crippen MR) is 31.2 cm³/mol. The molecule has 0 aliphatic carbocycles. The van der Waals surface area contributed by atoms with Gasteiger partial charge in [-0.2, -0.15) is 0 Å². The van der Waals surface area contributed by atoms with Crippen molar-refractivity contribution in [2.75, 3.05) is 6.61 Å². The van der Waals surface area contributed by atoms with Crippen molar-refractivity contribution in [1.82, 2.24) is 0 Å². The van der Waals surface area contributed by atoms with Gasteiger partial charge in [0.2, 0.25) is 0 Å². The van der Waals surface area contributed by atoms with E-state index >= 15 is 0 Å². The van der Waals surface area contributed by atoms with Crippen LogP contribution in [0.2, 0.25) is 0 Å². The second-order valence-electron chi connectivity index (χ2n) is 1.80. The summed E-state index contributed by atoms with van der Waals surface area (Å²) >= 11 is 0. The lowest BCUT2D eigenvalue weighted by Gasteiger charge is -2.16. The molecule has 0 aromatic heterocycles. The molecule has 0 bridgehead atoms. The molecule has 0 rings (SSSR count). The third kappa shape index (κ3) is 2.40. The lowest BCUT2D eigenvalue weighted by atomic mass is 10.2. The zero-order valence-corrected chi connectivity index (χ0v) is 5.14. The molecule has 0 aromatic rings. The number of rotatable bonds is 4. The van der Waals surface area contributed by atoms with Crippen LogP contribution in [0, 0.1) is 0 Å². The molecule has 0 saturated heterocycles. The number of hydrogen-bond donors (Lipinski definition) is 4. The molecule has 0 unspecified atom stereocenters. The molecule has 0 heterocycles. The summed E-state index contributed by atoms with van der Waals surface area (Å²) in [5.41, 5.74) is 0. The van der Waals surface area contributed by atoms with Crippen molar-refractivity contribution in [1.29, 1.82) is 0 Å². The first kappa shape index (κ1) is 7.62. The molecule has 0 aliphatic heterocycles. The Hall–Kier alpha value is -0.490. The van der Waals surface area contributed by atoms with Crippen LogP contribution in [0.1, 0.15) is 1.37 Å². The molecule has 3 atom stereocenters. The third-order valence-corrected chi connectivity index (χ3v) is 1.03. The Balaban J connectivity index is 4.00. The van der Waals surface area contributed by atoms with Crippen LogP contribution >= 0.6 is 0 Å². The van der Waals surface area contributed by atoms with Crippen molar-refractivity contribution in [2.45, 2.75) is 18.3 Å². The first-order valence-corrected chi connectivity index (χ1v) is 2.66. The van der Waals surface area contributed by atoms with Gasteiger partial charge in [0.15, 0.2) is 6.26 Å². The van der Waals surface area contributed by atoms with Gasteiger partial charge in [-0.1, -0.05) is 0 Å². The van der Waals surface area contributed by atoms with Gasteiger partial charge in [-0.05, 0) is 0 Å². The van der Waals surface area contributed by atoms with E-state index in [9.17, 15) is 4.79 Å². The number of hydrogen-bond acceptors (Lipinski definition) is 5. The average molecular weight is 152 g/mol. The smallest absolute Gasteiger partial charge is 0.151 e. The predicted octanol–water partition coefficient (Wildman–Crippen LogP) is -2.74. The van der Waals surface area contributed by atoms with Crippen LogP contribution in [0.3, 0.4) is 0 Å². The van der Waals surface area contributed by atoms with E-state index in [2.05, 4.69) is 0 Å². The Bertz CT molecular complexity index is 139. The maximum atomic E-state index is 10.1. The van der Waals surface area contributed by atoms with Gasteiger partial charge in [-0.25, -0.2) is 0 Å². The summed E-state index contributed by atoms with van der Waals surface area (Å²) in [6.45, 7) is -0.772. The Morgan fingerprint density at radius 1 is 1.50 bits per heavy atom. The monoisotopic (exact) mass is 152 g/mol. The van der Waals surface area contributed by atoms with Gasteiger partial charge in [0.25, 0.3) is 0 Å². The number of carbonyl (C=O) groups is 1. The normalized spacial score (nSPS) is 21.0. The summed E-state index contributed by atoms with van der Waals surface area (Å²) in [6.07, 6.45) is -6.76. The van der Waals surface area contributed by atoms with Gasteiger partial charge in [0.05, 0.1) is 6.61 Å². The first-order valence-electron chi connectivity index (χ1n) is 3.16. The highest BCUT2D eigenvalue weighted by Crippen LogP contribution is 1.96. The molecular formula is C5H10O5. The van der Waals surface area contributed by atoms with Gasteiger partial charge < -0.3 is 25.2 Å². The topological polar surface area (TPSA) is 98.0 Å². The van der Waals surface area contributed by atoms with Crippen molar-refractivity contribution >= 4 is 6.26 Å². The summed E-state index contributed by atoms with van der Waals surface area (Å²) < 4.78 is 6.34. The highest BCUT2D eigenvalue weighted by molar-refractivity contribution is 5.56. The molecule has 4 N–H and O–H groups in total. The fourth-order valence-corrected chi connectivity index (χ4v) is 0.388. The van der Waals surface area contributed by atoms with Crippen molar-refractivity contribution in [3.05, 3.63) is 0 Å². The van der Waals surface area contributed by atoms with E-state index in [1.54, 1.807) is 0 Å². The minimum absolute atomic E-state index is 0.772. The van der Waals surface area contributed by atoms with Crippen molar-refractivity contribution in [3.8, 4) is 0 Å². The van der Waals surface area contributed by atoms with Crippen LogP contribution in [0.4, 0.5) is 0 Å². The molecule has 0 fully saturated rings. The van der Waals surface area contributed by atoms with Gasteiger partial charge >= 0.3 is 0 Å². The van der Waals surface area contributed by atoms with Crippen molar-refractivity contribution in [2.24, 2.45) is 0 Å². The minimum atomic E-state index is -1.96. The number of aliphatic hydroxyl groups is 4. The zero-order valence-electron chi connectivity index (χ0n) is 6.14. The lowest BCUT2D eigenvalue weighted by Crippen LogP contribution is -2.40. The second-order valence-corrected chi connectivity index (χ2v) is 1.80. The third-order valence-electron chi connectivity index (χ3n) is 1.03. The lowest BCUT2D eigenvalue weighted by molar-refractivity contribution is -0.127. The molecule has 0 aliphatic rings. The Morgan fingerprint density at radius 2 is 2.00 bits per heavy atom. The quantitative estimate of drug-likeness (QED) is 0.259. The fourth-order valence-electron chi connectivity index (χ4n) is 0.388. The molecule has 0 amide bonds. The molecule has 5 heteroatoms.